The van der Waals surface area contributed by atoms with Gasteiger partial charge in [-0.3, -0.25) is 9.59 Å². The maximum atomic E-state index is 12.5. The number of unbranched alkanes of at least 4 members (excludes halogenated alkanes) is 56. The zero-order valence-corrected chi connectivity index (χ0v) is 56.2. The first-order valence-electron chi connectivity index (χ1n) is 37.8. The zero-order valence-electron chi connectivity index (χ0n) is 56.2. The van der Waals surface area contributed by atoms with Crippen molar-refractivity contribution in [3.63, 3.8) is 0 Å². The SMILES string of the molecule is CCCCCCC/C=C\CCCCCCCC(=O)OCCCCCCCCCCCCCC/C=C\CCCCCCCCCCCCCCCCCC(=O)NC(CO)C(O)/C=C/CCCCCCCCCCCCCCCCCCCCC. The molecule has 0 rings (SSSR count). The van der Waals surface area contributed by atoms with E-state index in [9.17, 15) is 19.8 Å². The number of hydrogen-bond donors (Lipinski definition) is 3. The van der Waals surface area contributed by atoms with E-state index in [1.807, 2.05) is 6.08 Å². The molecule has 3 N–H and O–H groups in total. The second-order valence-corrected chi connectivity index (χ2v) is 26.0. The fraction of sp³-hybridized carbons (Fsp3) is 0.896. The van der Waals surface area contributed by atoms with E-state index < -0.39 is 12.1 Å². The summed E-state index contributed by atoms with van der Waals surface area (Å²) < 4.78 is 5.49. The van der Waals surface area contributed by atoms with Crippen molar-refractivity contribution >= 4 is 11.9 Å². The number of esters is 1. The predicted octanol–water partition coefficient (Wildman–Crippen LogP) is 24.7. The molecule has 490 valence electrons. The maximum absolute atomic E-state index is 12.5. The van der Waals surface area contributed by atoms with E-state index in [1.54, 1.807) is 6.08 Å². The van der Waals surface area contributed by atoms with Crippen molar-refractivity contribution < 1.29 is 24.5 Å². The monoisotopic (exact) mass is 1170 g/mol. The largest absolute Gasteiger partial charge is 0.466 e. The molecule has 0 aromatic heterocycles. The molecule has 0 fully saturated rings. The molecule has 0 bridgehead atoms. The van der Waals surface area contributed by atoms with Crippen LogP contribution in [0.2, 0.25) is 0 Å². The summed E-state index contributed by atoms with van der Waals surface area (Å²) >= 11 is 0. The van der Waals surface area contributed by atoms with Gasteiger partial charge in [-0.15, -0.1) is 0 Å². The molecule has 83 heavy (non-hydrogen) atoms. The highest BCUT2D eigenvalue weighted by molar-refractivity contribution is 5.76. The first kappa shape index (κ1) is 81.1. The van der Waals surface area contributed by atoms with E-state index in [4.69, 9.17) is 4.74 Å². The molecular formula is C77H147NO5. The van der Waals surface area contributed by atoms with E-state index in [-0.39, 0.29) is 18.5 Å². The third kappa shape index (κ3) is 69.1. The Hall–Kier alpha value is -1.92. The number of aliphatic hydroxyl groups excluding tert-OH is 2. The van der Waals surface area contributed by atoms with Gasteiger partial charge in [0.15, 0.2) is 0 Å². The minimum Gasteiger partial charge on any atom is -0.466 e. The van der Waals surface area contributed by atoms with Gasteiger partial charge in [0.1, 0.15) is 0 Å². The van der Waals surface area contributed by atoms with Gasteiger partial charge in [0, 0.05) is 12.8 Å². The van der Waals surface area contributed by atoms with Crippen molar-refractivity contribution in [2.75, 3.05) is 13.2 Å². The molecule has 0 spiro atoms. The number of hydrogen-bond acceptors (Lipinski definition) is 5. The van der Waals surface area contributed by atoms with Gasteiger partial charge < -0.3 is 20.3 Å². The van der Waals surface area contributed by atoms with Crippen molar-refractivity contribution in [1.29, 1.82) is 0 Å². The van der Waals surface area contributed by atoms with Crippen LogP contribution in [0.1, 0.15) is 418 Å². The fourth-order valence-electron chi connectivity index (χ4n) is 11.9. The van der Waals surface area contributed by atoms with E-state index >= 15 is 0 Å². The van der Waals surface area contributed by atoms with Gasteiger partial charge >= 0.3 is 5.97 Å². The highest BCUT2D eigenvalue weighted by Crippen LogP contribution is 2.19. The Balaban J connectivity index is 3.39. The van der Waals surface area contributed by atoms with Crippen molar-refractivity contribution in [1.82, 2.24) is 5.32 Å². The van der Waals surface area contributed by atoms with Crippen molar-refractivity contribution in [2.45, 2.75) is 431 Å². The Kier molecular flexibility index (Phi) is 70.9. The average molecular weight is 1170 g/mol. The predicted molar refractivity (Wildman–Crippen MR) is 366 cm³/mol. The van der Waals surface area contributed by atoms with Gasteiger partial charge in [-0.2, -0.15) is 0 Å². The Bertz CT molecular complexity index is 1340. The smallest absolute Gasteiger partial charge is 0.305 e. The van der Waals surface area contributed by atoms with Crippen molar-refractivity contribution in [2.24, 2.45) is 0 Å². The number of amides is 1. The van der Waals surface area contributed by atoms with Crippen LogP contribution in [-0.4, -0.2) is 47.4 Å². The third-order valence-corrected chi connectivity index (χ3v) is 17.6. The second kappa shape index (κ2) is 72.6. The van der Waals surface area contributed by atoms with Gasteiger partial charge in [0.2, 0.25) is 5.91 Å². The molecule has 0 aliphatic carbocycles. The summed E-state index contributed by atoms with van der Waals surface area (Å²) in [5.74, 6) is -0.0524. The number of carbonyl (C=O) groups excluding carboxylic acids is 2. The highest BCUT2D eigenvalue weighted by Gasteiger charge is 2.18. The Morgan fingerprint density at radius 3 is 0.855 bits per heavy atom. The zero-order chi connectivity index (χ0) is 59.9. The first-order chi connectivity index (χ1) is 41.0. The lowest BCUT2D eigenvalue weighted by molar-refractivity contribution is -0.143. The highest BCUT2D eigenvalue weighted by atomic mass is 16.5. The molecule has 2 unspecified atom stereocenters. The average Bonchev–Trinajstić information content (AvgIpc) is 3.49. The molecule has 0 heterocycles. The van der Waals surface area contributed by atoms with Crippen LogP contribution in [0.5, 0.6) is 0 Å². The summed E-state index contributed by atoms with van der Waals surface area (Å²) in [5, 5.41) is 23.3. The van der Waals surface area contributed by atoms with Gasteiger partial charge in [0.05, 0.1) is 25.4 Å². The molecule has 0 aliphatic heterocycles. The first-order valence-corrected chi connectivity index (χ1v) is 37.8. The molecule has 2 atom stereocenters. The van der Waals surface area contributed by atoms with Crippen LogP contribution in [-0.2, 0) is 14.3 Å². The van der Waals surface area contributed by atoms with E-state index in [2.05, 4.69) is 43.5 Å². The lowest BCUT2D eigenvalue weighted by Gasteiger charge is -2.20. The number of rotatable bonds is 71. The van der Waals surface area contributed by atoms with E-state index in [1.165, 1.54) is 347 Å². The maximum Gasteiger partial charge on any atom is 0.305 e. The van der Waals surface area contributed by atoms with Crippen LogP contribution in [0.3, 0.4) is 0 Å². The second-order valence-electron chi connectivity index (χ2n) is 26.0. The summed E-state index contributed by atoms with van der Waals surface area (Å²) in [5.41, 5.74) is 0. The summed E-state index contributed by atoms with van der Waals surface area (Å²) in [6.07, 6.45) is 93.9. The molecule has 1 amide bonds. The van der Waals surface area contributed by atoms with Crippen LogP contribution >= 0.6 is 0 Å². The van der Waals surface area contributed by atoms with Crippen LogP contribution in [0.15, 0.2) is 36.5 Å². The normalized spacial score (nSPS) is 12.7. The molecule has 0 aliphatic rings. The van der Waals surface area contributed by atoms with E-state index in [0.29, 0.717) is 19.4 Å². The van der Waals surface area contributed by atoms with Crippen LogP contribution in [0.4, 0.5) is 0 Å². The van der Waals surface area contributed by atoms with Gasteiger partial charge in [-0.25, -0.2) is 0 Å². The lowest BCUT2D eigenvalue weighted by atomic mass is 10.0. The molecule has 6 heteroatoms. The molecule has 0 radical (unpaired) electrons. The summed E-state index contributed by atoms with van der Waals surface area (Å²) in [6.45, 7) is 4.93. The third-order valence-electron chi connectivity index (χ3n) is 17.6. The lowest BCUT2D eigenvalue weighted by Crippen LogP contribution is -2.45. The minimum atomic E-state index is -0.844. The standard InChI is InChI=1S/C77H147NO5/c1-3-5-7-9-11-13-15-17-19-20-21-33-36-39-42-45-49-53-57-61-65-69-75(80)74(73-79)78-76(81)70-66-62-58-54-50-46-43-40-37-34-31-29-27-25-23-22-24-26-28-30-32-35-38-41-44-48-52-56-60-64-68-72-83-77(82)71-67-63-59-55-51-47-18-16-14-12-10-8-6-4-2/h16,18,24,26,65,69,74-75,79-80H,3-15,17,19-23,25,27-64,66-68,70-73H2,1-2H3,(H,78,81)/b18-16-,26-24-,69-65+. The van der Waals surface area contributed by atoms with Crippen molar-refractivity contribution in [3.05, 3.63) is 36.5 Å². The van der Waals surface area contributed by atoms with Gasteiger partial charge in [-0.05, 0) is 83.5 Å². The van der Waals surface area contributed by atoms with Gasteiger partial charge in [-0.1, -0.05) is 359 Å². The Labute approximate surface area is 519 Å². The number of allylic oxidation sites excluding steroid dienone is 5. The topological polar surface area (TPSA) is 95.9 Å². The summed E-state index contributed by atoms with van der Waals surface area (Å²) in [7, 11) is 0. The Morgan fingerprint density at radius 1 is 0.325 bits per heavy atom. The number of ether oxygens (including phenoxy) is 1. The number of carbonyl (C=O) groups is 2. The number of aliphatic hydroxyl groups is 2. The quantitative estimate of drug-likeness (QED) is 0.0320. The molecule has 0 saturated carbocycles. The molecule has 0 saturated heterocycles. The summed E-state index contributed by atoms with van der Waals surface area (Å²) in [6, 6.07) is -0.627. The number of nitrogens with one attached hydrogen (secondary N) is 1. The Morgan fingerprint density at radius 2 is 0.566 bits per heavy atom. The molecule has 6 nitrogen and oxygen atoms in total. The van der Waals surface area contributed by atoms with E-state index in [0.717, 1.165) is 44.9 Å². The molecule has 0 aromatic carbocycles. The van der Waals surface area contributed by atoms with Gasteiger partial charge in [0.25, 0.3) is 0 Å². The van der Waals surface area contributed by atoms with Crippen LogP contribution in [0, 0.1) is 0 Å². The molecule has 0 aromatic rings. The van der Waals surface area contributed by atoms with Crippen LogP contribution in [0.25, 0.3) is 0 Å². The molecular weight excluding hydrogens is 1020 g/mol. The van der Waals surface area contributed by atoms with Crippen LogP contribution < -0.4 is 5.32 Å². The van der Waals surface area contributed by atoms with Crippen molar-refractivity contribution in [3.8, 4) is 0 Å². The summed E-state index contributed by atoms with van der Waals surface area (Å²) in [4.78, 5) is 24.6. The minimum absolute atomic E-state index is 0.00937. The fourth-order valence-corrected chi connectivity index (χ4v) is 11.9.